The van der Waals surface area contributed by atoms with Crippen molar-refractivity contribution < 1.29 is 13.2 Å². The van der Waals surface area contributed by atoms with E-state index in [2.05, 4.69) is 4.98 Å². The van der Waals surface area contributed by atoms with Crippen LogP contribution in [0.4, 0.5) is 0 Å². The number of hydrogen-bond donors (Lipinski definition) is 0. The maximum absolute atomic E-state index is 13.0. The molecule has 0 atom stereocenters. The number of aromatic nitrogens is 1. The zero-order valence-corrected chi connectivity index (χ0v) is 17.4. The van der Waals surface area contributed by atoms with Crippen molar-refractivity contribution in [2.75, 3.05) is 26.2 Å². The van der Waals surface area contributed by atoms with Gasteiger partial charge in [-0.1, -0.05) is 17.7 Å². The number of piperazine rings is 1. The Morgan fingerprint density at radius 2 is 1.79 bits per heavy atom. The molecule has 0 spiro atoms. The van der Waals surface area contributed by atoms with E-state index in [1.165, 1.54) is 15.6 Å². The molecule has 0 radical (unpaired) electrons. The first kappa shape index (κ1) is 19.0. The highest BCUT2D eigenvalue weighted by Gasteiger charge is 2.31. The van der Waals surface area contributed by atoms with Gasteiger partial charge in [-0.3, -0.25) is 4.79 Å². The Kier molecular flexibility index (Phi) is 4.95. The van der Waals surface area contributed by atoms with Gasteiger partial charge in [0.15, 0.2) is 0 Å². The van der Waals surface area contributed by atoms with E-state index in [1.807, 2.05) is 38.1 Å². The second kappa shape index (κ2) is 7.27. The van der Waals surface area contributed by atoms with Gasteiger partial charge in [0, 0.05) is 31.7 Å². The molecule has 2 aromatic carbocycles. The van der Waals surface area contributed by atoms with E-state index in [1.54, 1.807) is 22.5 Å². The number of carbonyl (C=O) groups excluding carboxylic acids is 1. The number of benzene rings is 2. The Bertz CT molecular complexity index is 1150. The summed E-state index contributed by atoms with van der Waals surface area (Å²) in [5.41, 5.74) is 5.03. The second-order valence-corrected chi connectivity index (χ2v) is 9.79. The average Bonchev–Trinajstić information content (AvgIpc) is 3.15. The minimum atomic E-state index is -3.56. The summed E-state index contributed by atoms with van der Waals surface area (Å²) in [5.74, 6) is -0.0705. The van der Waals surface area contributed by atoms with Crippen LogP contribution in [0.5, 0.6) is 0 Å². The highest BCUT2D eigenvalue weighted by Crippen LogP contribution is 2.24. The van der Waals surface area contributed by atoms with Crippen molar-refractivity contribution in [2.24, 2.45) is 0 Å². The Morgan fingerprint density at radius 1 is 1.04 bits per heavy atom. The van der Waals surface area contributed by atoms with Crippen LogP contribution in [0.3, 0.4) is 0 Å². The monoisotopic (exact) mass is 415 g/mol. The first-order chi connectivity index (χ1) is 13.4. The lowest BCUT2D eigenvalue weighted by molar-refractivity contribution is 0.0698. The molecule has 0 saturated carbocycles. The largest absolute Gasteiger partial charge is 0.336 e. The highest BCUT2D eigenvalue weighted by atomic mass is 32.2. The Hall–Kier alpha value is -2.29. The fourth-order valence-corrected chi connectivity index (χ4v) is 5.87. The molecule has 1 fully saturated rings. The van der Waals surface area contributed by atoms with Gasteiger partial charge in [0.05, 0.1) is 20.6 Å². The molecule has 28 heavy (non-hydrogen) atoms. The summed E-state index contributed by atoms with van der Waals surface area (Å²) in [6.45, 7) is 5.11. The fraction of sp³-hybridized carbons (Fsp3) is 0.300. The predicted molar refractivity (Wildman–Crippen MR) is 110 cm³/mol. The molecule has 0 aliphatic carbocycles. The van der Waals surface area contributed by atoms with Gasteiger partial charge in [-0.05, 0) is 43.7 Å². The Morgan fingerprint density at radius 3 is 2.50 bits per heavy atom. The van der Waals surface area contributed by atoms with E-state index >= 15 is 0 Å². The molecule has 0 bridgehead atoms. The van der Waals surface area contributed by atoms with E-state index < -0.39 is 10.0 Å². The summed E-state index contributed by atoms with van der Waals surface area (Å²) >= 11 is 1.50. The third-order valence-corrected chi connectivity index (χ3v) is 7.90. The van der Waals surface area contributed by atoms with E-state index in [-0.39, 0.29) is 5.91 Å². The van der Waals surface area contributed by atoms with Gasteiger partial charge in [-0.2, -0.15) is 4.31 Å². The van der Waals surface area contributed by atoms with Gasteiger partial charge >= 0.3 is 0 Å². The second-order valence-electron chi connectivity index (χ2n) is 7.00. The highest BCUT2D eigenvalue weighted by molar-refractivity contribution is 7.89. The molecular weight excluding hydrogens is 394 g/mol. The molecule has 1 aliphatic rings. The maximum atomic E-state index is 13.0. The molecule has 1 aromatic heterocycles. The average molecular weight is 416 g/mol. The van der Waals surface area contributed by atoms with Crippen LogP contribution in [0, 0.1) is 13.8 Å². The Labute approximate surface area is 168 Å². The molecule has 1 aliphatic heterocycles. The number of amides is 1. The van der Waals surface area contributed by atoms with Crippen LogP contribution in [0.2, 0.25) is 0 Å². The molecule has 1 saturated heterocycles. The third kappa shape index (κ3) is 3.43. The molecule has 0 unspecified atom stereocenters. The van der Waals surface area contributed by atoms with Crippen molar-refractivity contribution >= 4 is 37.5 Å². The van der Waals surface area contributed by atoms with Crippen LogP contribution in [-0.4, -0.2) is 54.7 Å². The molecule has 2 heterocycles. The van der Waals surface area contributed by atoms with Crippen molar-refractivity contribution in [1.29, 1.82) is 0 Å². The fourth-order valence-electron chi connectivity index (χ4n) is 3.53. The van der Waals surface area contributed by atoms with Crippen LogP contribution in [-0.2, 0) is 10.0 Å². The smallest absolute Gasteiger partial charge is 0.253 e. The lowest BCUT2D eigenvalue weighted by atomic mass is 10.2. The summed E-state index contributed by atoms with van der Waals surface area (Å²) in [5, 5.41) is 0. The van der Waals surface area contributed by atoms with Crippen LogP contribution in [0.1, 0.15) is 21.5 Å². The van der Waals surface area contributed by atoms with Gasteiger partial charge in [0.1, 0.15) is 0 Å². The number of nitrogens with zero attached hydrogens (tertiary/aromatic N) is 3. The van der Waals surface area contributed by atoms with Gasteiger partial charge in [0.2, 0.25) is 10.0 Å². The number of hydrogen-bond acceptors (Lipinski definition) is 5. The van der Waals surface area contributed by atoms with Crippen LogP contribution < -0.4 is 0 Å². The molecule has 6 nitrogen and oxygen atoms in total. The molecule has 1 amide bonds. The summed E-state index contributed by atoms with van der Waals surface area (Å²) in [7, 11) is -3.56. The SMILES string of the molecule is Cc1ccc(S(=O)(=O)N2CCN(C(=O)c3ccc4ncsc4c3)CC2)c(C)c1. The van der Waals surface area contributed by atoms with Crippen molar-refractivity contribution in [3.8, 4) is 0 Å². The van der Waals surface area contributed by atoms with Crippen molar-refractivity contribution in [2.45, 2.75) is 18.7 Å². The molecule has 3 aromatic rings. The number of carbonyl (C=O) groups is 1. The third-order valence-electron chi connectivity index (χ3n) is 5.05. The van der Waals surface area contributed by atoms with E-state index in [0.717, 1.165) is 21.3 Å². The summed E-state index contributed by atoms with van der Waals surface area (Å²) in [6.07, 6.45) is 0. The zero-order valence-electron chi connectivity index (χ0n) is 15.8. The summed E-state index contributed by atoms with van der Waals surface area (Å²) in [6, 6.07) is 10.8. The molecule has 8 heteroatoms. The van der Waals surface area contributed by atoms with Crippen molar-refractivity contribution in [1.82, 2.24) is 14.2 Å². The number of aryl methyl sites for hydroxylation is 2. The minimum absolute atomic E-state index is 0.0705. The van der Waals surface area contributed by atoms with Crippen LogP contribution >= 0.6 is 11.3 Å². The van der Waals surface area contributed by atoms with E-state index in [9.17, 15) is 13.2 Å². The van der Waals surface area contributed by atoms with E-state index in [4.69, 9.17) is 0 Å². The standard InChI is InChI=1S/C20H21N3O3S2/c1-14-3-6-19(15(2)11-14)28(25,26)23-9-7-22(8-10-23)20(24)16-4-5-17-18(12-16)27-13-21-17/h3-6,11-13H,7-10H2,1-2H3. The van der Waals surface area contributed by atoms with Crippen molar-refractivity contribution in [3.63, 3.8) is 0 Å². The van der Waals surface area contributed by atoms with Crippen LogP contribution in [0.15, 0.2) is 46.8 Å². The zero-order chi connectivity index (χ0) is 19.9. The number of rotatable bonds is 3. The summed E-state index contributed by atoms with van der Waals surface area (Å²) in [4.78, 5) is 19.1. The lowest BCUT2D eigenvalue weighted by Crippen LogP contribution is -2.50. The quantitative estimate of drug-likeness (QED) is 0.659. The topological polar surface area (TPSA) is 70.6 Å². The van der Waals surface area contributed by atoms with Gasteiger partial charge in [0.25, 0.3) is 5.91 Å². The minimum Gasteiger partial charge on any atom is -0.336 e. The Balaban J connectivity index is 1.48. The first-order valence-electron chi connectivity index (χ1n) is 9.06. The van der Waals surface area contributed by atoms with Gasteiger partial charge < -0.3 is 4.90 Å². The summed E-state index contributed by atoms with van der Waals surface area (Å²) < 4.78 is 28.4. The van der Waals surface area contributed by atoms with Crippen LogP contribution in [0.25, 0.3) is 10.2 Å². The van der Waals surface area contributed by atoms with E-state index in [0.29, 0.717) is 36.6 Å². The predicted octanol–water partition coefficient (Wildman–Crippen LogP) is 3.06. The number of fused-ring (bicyclic) bond motifs is 1. The van der Waals surface area contributed by atoms with Gasteiger partial charge in [-0.15, -0.1) is 11.3 Å². The first-order valence-corrected chi connectivity index (χ1v) is 11.4. The van der Waals surface area contributed by atoms with Crippen molar-refractivity contribution in [3.05, 3.63) is 58.6 Å². The maximum Gasteiger partial charge on any atom is 0.253 e. The van der Waals surface area contributed by atoms with Gasteiger partial charge in [-0.25, -0.2) is 13.4 Å². The molecular formula is C20H21N3O3S2. The normalized spacial score (nSPS) is 15.9. The number of sulfonamides is 1. The molecule has 0 N–H and O–H groups in total. The molecule has 146 valence electrons. The molecule has 4 rings (SSSR count). The lowest BCUT2D eigenvalue weighted by Gasteiger charge is -2.34. The number of thiazole rings is 1.